The smallest absolute Gasteiger partial charge is 0.271 e. The van der Waals surface area contributed by atoms with Crippen LogP contribution in [-0.2, 0) is 26.2 Å². The molecule has 202 valence electrons. The van der Waals surface area contributed by atoms with E-state index in [9.17, 15) is 28.1 Å². The molecule has 1 atom stereocenters. The fourth-order valence-corrected chi connectivity index (χ4v) is 4.53. The Morgan fingerprint density at radius 2 is 1.76 bits per heavy atom. The van der Waals surface area contributed by atoms with Gasteiger partial charge in [-0.05, 0) is 51.5 Å². The number of nitrogens with zero attached hydrogens (tertiary/aromatic N) is 3. The molecule has 0 heterocycles. The Bertz CT molecular complexity index is 1260. The van der Waals surface area contributed by atoms with Gasteiger partial charge in [0.05, 0.1) is 18.3 Å². The molecule has 0 aliphatic rings. The van der Waals surface area contributed by atoms with Crippen molar-refractivity contribution < 1.29 is 27.7 Å². The van der Waals surface area contributed by atoms with Crippen LogP contribution in [0.1, 0.15) is 33.3 Å². The second-order valence-corrected chi connectivity index (χ2v) is 12.3. The molecule has 2 amide bonds. The SMILES string of the molecule is COc1ccc([N+](=O)[O-])cc1N(CC(=O)N(Cc1ccc(Br)cc1)[C@H](C)C(=O)NC(C)(C)C)S(C)(=O)=O. The molecule has 13 heteroatoms. The van der Waals surface area contributed by atoms with Gasteiger partial charge in [0.25, 0.3) is 5.69 Å². The van der Waals surface area contributed by atoms with Crippen LogP contribution in [0.3, 0.4) is 0 Å². The fourth-order valence-electron chi connectivity index (χ4n) is 3.42. The van der Waals surface area contributed by atoms with Crippen LogP contribution in [-0.4, -0.2) is 61.5 Å². The maximum Gasteiger partial charge on any atom is 0.271 e. The molecule has 2 aromatic carbocycles. The molecule has 2 aromatic rings. The number of anilines is 1. The Morgan fingerprint density at radius 1 is 1.16 bits per heavy atom. The molecule has 0 saturated carbocycles. The van der Waals surface area contributed by atoms with Gasteiger partial charge in [-0.2, -0.15) is 0 Å². The third kappa shape index (κ3) is 8.42. The standard InChI is InChI=1S/C24H31BrN4O7S/c1-16(23(31)26-24(2,3)4)27(14-17-7-9-18(25)10-8-17)22(30)15-28(37(6,34)35)20-13-19(29(32)33)11-12-21(20)36-5/h7-13,16H,14-15H2,1-6H3,(H,26,31)/t16-/m1/s1. The number of carbonyl (C=O) groups excluding carboxylic acids is 2. The number of halogens is 1. The zero-order valence-corrected chi connectivity index (χ0v) is 23.9. The summed E-state index contributed by atoms with van der Waals surface area (Å²) in [5.74, 6) is -1.07. The highest BCUT2D eigenvalue weighted by atomic mass is 79.9. The molecule has 11 nitrogen and oxygen atoms in total. The van der Waals surface area contributed by atoms with Crippen molar-refractivity contribution in [1.29, 1.82) is 0 Å². The summed E-state index contributed by atoms with van der Waals surface area (Å²) in [6.45, 7) is 6.28. The highest BCUT2D eigenvalue weighted by Crippen LogP contribution is 2.34. The summed E-state index contributed by atoms with van der Waals surface area (Å²) < 4.78 is 32.3. The number of hydrogen-bond acceptors (Lipinski definition) is 7. The number of nitro groups is 1. The van der Waals surface area contributed by atoms with Gasteiger partial charge < -0.3 is 15.0 Å². The van der Waals surface area contributed by atoms with Crippen molar-refractivity contribution >= 4 is 49.1 Å². The van der Waals surface area contributed by atoms with E-state index in [0.717, 1.165) is 21.1 Å². The maximum atomic E-state index is 13.6. The monoisotopic (exact) mass is 598 g/mol. The van der Waals surface area contributed by atoms with Gasteiger partial charge in [0.2, 0.25) is 21.8 Å². The first-order valence-electron chi connectivity index (χ1n) is 11.2. The van der Waals surface area contributed by atoms with E-state index >= 15 is 0 Å². The summed E-state index contributed by atoms with van der Waals surface area (Å²) >= 11 is 3.36. The third-order valence-electron chi connectivity index (χ3n) is 5.25. The number of nitrogens with one attached hydrogen (secondary N) is 1. The van der Waals surface area contributed by atoms with Gasteiger partial charge in [-0.3, -0.25) is 24.0 Å². The lowest BCUT2D eigenvalue weighted by Crippen LogP contribution is -2.54. The van der Waals surface area contributed by atoms with Crippen molar-refractivity contribution in [3.05, 3.63) is 62.6 Å². The molecule has 0 fully saturated rings. The van der Waals surface area contributed by atoms with Crippen molar-refractivity contribution in [1.82, 2.24) is 10.2 Å². The minimum Gasteiger partial charge on any atom is -0.495 e. The van der Waals surface area contributed by atoms with Gasteiger partial charge in [0, 0.05) is 28.7 Å². The van der Waals surface area contributed by atoms with Crippen LogP contribution in [0.2, 0.25) is 0 Å². The van der Waals surface area contributed by atoms with Crippen LogP contribution in [0.5, 0.6) is 5.75 Å². The lowest BCUT2D eigenvalue weighted by atomic mass is 10.1. The summed E-state index contributed by atoms with van der Waals surface area (Å²) in [7, 11) is -2.81. The molecule has 0 aromatic heterocycles. The molecule has 1 N–H and O–H groups in total. The van der Waals surface area contributed by atoms with E-state index in [1.165, 1.54) is 24.1 Å². The second-order valence-electron chi connectivity index (χ2n) is 9.45. The first-order chi connectivity index (χ1) is 17.0. The van der Waals surface area contributed by atoms with Crippen LogP contribution in [0.25, 0.3) is 0 Å². The van der Waals surface area contributed by atoms with Crippen molar-refractivity contribution in [2.24, 2.45) is 0 Å². The zero-order chi connectivity index (χ0) is 28.1. The number of carbonyl (C=O) groups is 2. The normalized spacial score (nSPS) is 12.4. The van der Waals surface area contributed by atoms with E-state index < -0.39 is 44.9 Å². The zero-order valence-electron chi connectivity index (χ0n) is 21.5. The number of amides is 2. The minimum absolute atomic E-state index is 0.0223. The first kappa shape index (κ1) is 30.0. The van der Waals surface area contributed by atoms with Gasteiger partial charge in [-0.1, -0.05) is 28.1 Å². The predicted octanol–water partition coefficient (Wildman–Crippen LogP) is 3.46. The highest BCUT2D eigenvalue weighted by molar-refractivity contribution is 9.10. The lowest BCUT2D eigenvalue weighted by molar-refractivity contribution is -0.384. The van der Waals surface area contributed by atoms with Gasteiger partial charge in [0.1, 0.15) is 24.0 Å². The lowest BCUT2D eigenvalue weighted by Gasteiger charge is -2.33. The molecule has 0 aliphatic heterocycles. The average molecular weight is 600 g/mol. The number of benzene rings is 2. The average Bonchev–Trinajstić information content (AvgIpc) is 2.79. The van der Waals surface area contributed by atoms with Crippen LogP contribution in [0.4, 0.5) is 11.4 Å². The molecule has 2 rings (SSSR count). The number of rotatable bonds is 10. The molecule has 37 heavy (non-hydrogen) atoms. The van der Waals surface area contributed by atoms with Crippen LogP contribution in [0, 0.1) is 10.1 Å². The van der Waals surface area contributed by atoms with Crippen molar-refractivity contribution in [3.63, 3.8) is 0 Å². The van der Waals surface area contributed by atoms with Crippen molar-refractivity contribution in [3.8, 4) is 5.75 Å². The fraction of sp³-hybridized carbons (Fsp3) is 0.417. The van der Waals surface area contributed by atoms with Gasteiger partial charge in [-0.25, -0.2) is 8.42 Å². The molecular weight excluding hydrogens is 568 g/mol. The highest BCUT2D eigenvalue weighted by Gasteiger charge is 2.32. The Labute approximate surface area is 225 Å². The van der Waals surface area contributed by atoms with E-state index in [4.69, 9.17) is 4.74 Å². The van der Waals surface area contributed by atoms with Gasteiger partial charge >= 0.3 is 0 Å². The number of ether oxygens (including phenoxy) is 1. The Balaban J connectivity index is 2.52. The summed E-state index contributed by atoms with van der Waals surface area (Å²) in [4.78, 5) is 38.5. The van der Waals surface area contributed by atoms with Crippen molar-refractivity contribution in [2.45, 2.75) is 45.8 Å². The van der Waals surface area contributed by atoms with Gasteiger partial charge in [0.15, 0.2) is 0 Å². The largest absolute Gasteiger partial charge is 0.495 e. The Kier molecular flexibility index (Phi) is 9.66. The molecule has 0 radical (unpaired) electrons. The number of sulfonamides is 1. The van der Waals surface area contributed by atoms with Crippen molar-refractivity contribution in [2.75, 3.05) is 24.2 Å². The van der Waals surface area contributed by atoms with E-state index in [2.05, 4.69) is 21.2 Å². The number of hydrogen-bond donors (Lipinski definition) is 1. The molecule has 0 bridgehead atoms. The Hall–Kier alpha value is -3.19. The van der Waals surface area contributed by atoms with Crippen LogP contribution >= 0.6 is 15.9 Å². The molecular formula is C24H31BrN4O7S. The van der Waals surface area contributed by atoms with E-state index in [0.29, 0.717) is 5.56 Å². The second kappa shape index (κ2) is 11.9. The third-order valence-corrected chi connectivity index (χ3v) is 6.91. The van der Waals surface area contributed by atoms with E-state index in [1.807, 2.05) is 0 Å². The minimum atomic E-state index is -4.10. The topological polar surface area (TPSA) is 139 Å². The van der Waals surface area contributed by atoms with E-state index in [1.54, 1.807) is 52.0 Å². The molecule has 0 saturated heterocycles. The molecule has 0 unspecified atom stereocenters. The summed E-state index contributed by atoms with van der Waals surface area (Å²) in [5.41, 5.74) is -0.387. The van der Waals surface area contributed by atoms with Crippen LogP contribution in [0.15, 0.2) is 46.9 Å². The summed E-state index contributed by atoms with van der Waals surface area (Å²) in [6, 6.07) is 9.63. The number of non-ortho nitro benzene ring substituents is 1. The maximum absolute atomic E-state index is 13.6. The molecule has 0 aliphatic carbocycles. The van der Waals surface area contributed by atoms with Crippen LogP contribution < -0.4 is 14.4 Å². The van der Waals surface area contributed by atoms with Gasteiger partial charge in [-0.15, -0.1) is 0 Å². The first-order valence-corrected chi connectivity index (χ1v) is 13.8. The number of nitro benzene ring substituents is 1. The number of methoxy groups -OCH3 is 1. The summed E-state index contributed by atoms with van der Waals surface area (Å²) in [5, 5.41) is 14.2. The van der Waals surface area contributed by atoms with E-state index in [-0.39, 0.29) is 23.7 Å². The summed E-state index contributed by atoms with van der Waals surface area (Å²) in [6.07, 6.45) is 0.882. The quantitative estimate of drug-likeness (QED) is 0.326. The Morgan fingerprint density at radius 3 is 2.24 bits per heavy atom. The predicted molar refractivity (Wildman–Crippen MR) is 144 cm³/mol. The molecule has 0 spiro atoms.